The predicted molar refractivity (Wildman–Crippen MR) is 58.7 cm³/mol. The summed E-state index contributed by atoms with van der Waals surface area (Å²) in [4.78, 5) is 11.5. The Bertz CT molecular complexity index is 341. The first-order valence-electron chi connectivity index (χ1n) is 5.18. The molecule has 1 aromatic rings. The van der Waals surface area contributed by atoms with Gasteiger partial charge in [-0.3, -0.25) is 4.79 Å². The molecule has 1 fully saturated rings. The van der Waals surface area contributed by atoms with Crippen molar-refractivity contribution in [3.8, 4) is 0 Å². The minimum atomic E-state index is 0.0761. The Morgan fingerprint density at radius 2 is 2.07 bits per heavy atom. The predicted octanol–water partition coefficient (Wildman–Crippen LogP) is 1.97. The third-order valence-electron chi connectivity index (χ3n) is 2.52. The van der Waals surface area contributed by atoms with Crippen molar-refractivity contribution in [1.29, 1.82) is 0 Å². The second-order valence-corrected chi connectivity index (χ2v) is 4.02. The topological polar surface area (TPSA) is 38.3 Å². The van der Waals surface area contributed by atoms with Crippen LogP contribution in [0.15, 0.2) is 24.3 Å². The van der Waals surface area contributed by atoms with Crippen LogP contribution >= 0.6 is 0 Å². The summed E-state index contributed by atoms with van der Waals surface area (Å²) in [6, 6.07) is 7.82. The lowest BCUT2D eigenvalue weighted by Gasteiger charge is -2.25. The van der Waals surface area contributed by atoms with Gasteiger partial charge in [-0.15, -0.1) is 0 Å². The summed E-state index contributed by atoms with van der Waals surface area (Å²) in [7, 11) is 0. The fourth-order valence-corrected chi connectivity index (χ4v) is 1.51. The number of carbonyl (C=O) groups excluding carboxylic acids is 1. The SMILES string of the molecule is Cc1ccc(NC(=O)CC2COC2)cc1. The van der Waals surface area contributed by atoms with Gasteiger partial charge in [-0.2, -0.15) is 0 Å². The van der Waals surface area contributed by atoms with E-state index in [0.29, 0.717) is 12.3 Å². The van der Waals surface area contributed by atoms with Crippen molar-refractivity contribution in [1.82, 2.24) is 0 Å². The van der Waals surface area contributed by atoms with Gasteiger partial charge in [0.2, 0.25) is 5.91 Å². The van der Waals surface area contributed by atoms with Crippen molar-refractivity contribution in [3.63, 3.8) is 0 Å². The maximum atomic E-state index is 11.5. The van der Waals surface area contributed by atoms with Crippen LogP contribution in [0.25, 0.3) is 0 Å². The fourth-order valence-electron chi connectivity index (χ4n) is 1.51. The van der Waals surface area contributed by atoms with Crippen LogP contribution in [0, 0.1) is 12.8 Å². The summed E-state index contributed by atoms with van der Waals surface area (Å²) in [5, 5.41) is 2.87. The van der Waals surface area contributed by atoms with Gasteiger partial charge in [-0.25, -0.2) is 0 Å². The first-order chi connectivity index (χ1) is 7.24. The van der Waals surface area contributed by atoms with Crippen LogP contribution in [0.5, 0.6) is 0 Å². The first kappa shape index (κ1) is 10.2. The minimum absolute atomic E-state index is 0.0761. The zero-order valence-corrected chi connectivity index (χ0v) is 8.82. The standard InChI is InChI=1S/C12H15NO2/c1-9-2-4-11(5-3-9)13-12(14)6-10-7-15-8-10/h2-5,10H,6-8H2,1H3,(H,13,14). The molecule has 0 bridgehead atoms. The van der Waals surface area contributed by atoms with E-state index in [1.54, 1.807) is 0 Å². The molecular formula is C12H15NO2. The second kappa shape index (κ2) is 4.45. The number of benzene rings is 1. The van der Waals surface area contributed by atoms with Crippen LogP contribution in [0.2, 0.25) is 0 Å². The van der Waals surface area contributed by atoms with Gasteiger partial charge in [0, 0.05) is 18.0 Å². The molecule has 1 aliphatic rings. The monoisotopic (exact) mass is 205 g/mol. The molecule has 1 aromatic carbocycles. The zero-order valence-electron chi connectivity index (χ0n) is 8.82. The van der Waals surface area contributed by atoms with Gasteiger partial charge in [-0.05, 0) is 19.1 Å². The molecule has 0 radical (unpaired) electrons. The molecule has 1 saturated heterocycles. The second-order valence-electron chi connectivity index (χ2n) is 4.02. The van der Waals surface area contributed by atoms with Gasteiger partial charge < -0.3 is 10.1 Å². The molecule has 0 aromatic heterocycles. The Kier molecular flexibility index (Phi) is 3.02. The molecule has 0 saturated carbocycles. The summed E-state index contributed by atoms with van der Waals surface area (Å²) in [5.74, 6) is 0.489. The van der Waals surface area contributed by atoms with Gasteiger partial charge >= 0.3 is 0 Å². The molecule has 0 spiro atoms. The van der Waals surface area contributed by atoms with Crippen LogP contribution in [-0.4, -0.2) is 19.1 Å². The van der Waals surface area contributed by atoms with Crippen molar-refractivity contribution < 1.29 is 9.53 Å². The van der Waals surface area contributed by atoms with Crippen LogP contribution in [0.3, 0.4) is 0 Å². The first-order valence-corrected chi connectivity index (χ1v) is 5.18. The van der Waals surface area contributed by atoms with Crippen molar-refractivity contribution in [3.05, 3.63) is 29.8 Å². The van der Waals surface area contributed by atoms with E-state index in [1.165, 1.54) is 5.56 Å². The highest BCUT2D eigenvalue weighted by Gasteiger charge is 2.21. The molecule has 3 heteroatoms. The molecule has 0 aliphatic carbocycles. The lowest BCUT2D eigenvalue weighted by Crippen LogP contribution is -2.31. The van der Waals surface area contributed by atoms with Gasteiger partial charge in [-0.1, -0.05) is 17.7 Å². The Hall–Kier alpha value is -1.35. The van der Waals surface area contributed by atoms with E-state index < -0.39 is 0 Å². The Morgan fingerprint density at radius 3 is 2.60 bits per heavy atom. The molecule has 15 heavy (non-hydrogen) atoms. The number of ether oxygens (including phenoxy) is 1. The van der Waals surface area contributed by atoms with E-state index in [-0.39, 0.29) is 5.91 Å². The summed E-state index contributed by atoms with van der Waals surface area (Å²) in [6.07, 6.45) is 0.563. The van der Waals surface area contributed by atoms with E-state index in [0.717, 1.165) is 18.9 Å². The maximum absolute atomic E-state index is 11.5. The summed E-state index contributed by atoms with van der Waals surface area (Å²) >= 11 is 0. The van der Waals surface area contributed by atoms with Crippen LogP contribution in [0.4, 0.5) is 5.69 Å². The van der Waals surface area contributed by atoms with Gasteiger partial charge in [0.1, 0.15) is 0 Å². The molecule has 3 nitrogen and oxygen atoms in total. The number of amides is 1. The highest BCUT2D eigenvalue weighted by atomic mass is 16.5. The van der Waals surface area contributed by atoms with E-state index >= 15 is 0 Å². The largest absolute Gasteiger partial charge is 0.381 e. The van der Waals surface area contributed by atoms with Crippen LogP contribution < -0.4 is 5.32 Å². The van der Waals surface area contributed by atoms with Crippen molar-refractivity contribution in [2.75, 3.05) is 18.5 Å². The number of hydrogen-bond acceptors (Lipinski definition) is 2. The normalized spacial score (nSPS) is 15.8. The molecule has 0 atom stereocenters. The highest BCUT2D eigenvalue weighted by molar-refractivity contribution is 5.90. The van der Waals surface area contributed by atoms with Gasteiger partial charge in [0.25, 0.3) is 0 Å². The summed E-state index contributed by atoms with van der Waals surface area (Å²) < 4.78 is 5.02. The number of aryl methyl sites for hydroxylation is 1. The van der Waals surface area contributed by atoms with Crippen molar-refractivity contribution >= 4 is 11.6 Å². The lowest BCUT2D eigenvalue weighted by molar-refractivity contribution is -0.121. The van der Waals surface area contributed by atoms with Crippen molar-refractivity contribution in [2.45, 2.75) is 13.3 Å². The molecule has 1 heterocycles. The molecule has 80 valence electrons. The average Bonchev–Trinajstić information content (AvgIpc) is 2.16. The minimum Gasteiger partial charge on any atom is -0.381 e. The molecule has 1 N–H and O–H groups in total. The van der Waals surface area contributed by atoms with Crippen LogP contribution in [0.1, 0.15) is 12.0 Å². The summed E-state index contributed by atoms with van der Waals surface area (Å²) in [5.41, 5.74) is 2.06. The molecule has 0 unspecified atom stereocenters. The van der Waals surface area contributed by atoms with E-state index in [9.17, 15) is 4.79 Å². The highest BCUT2D eigenvalue weighted by Crippen LogP contribution is 2.16. The lowest BCUT2D eigenvalue weighted by atomic mass is 10.0. The number of rotatable bonds is 3. The average molecular weight is 205 g/mol. The smallest absolute Gasteiger partial charge is 0.224 e. The fraction of sp³-hybridized carbons (Fsp3) is 0.417. The molecule has 1 aliphatic heterocycles. The molecular weight excluding hydrogens is 190 g/mol. The third kappa shape index (κ3) is 2.80. The molecule has 1 amide bonds. The third-order valence-corrected chi connectivity index (χ3v) is 2.52. The summed E-state index contributed by atoms with van der Waals surface area (Å²) in [6.45, 7) is 3.47. The van der Waals surface area contributed by atoms with Crippen LogP contribution in [-0.2, 0) is 9.53 Å². The number of nitrogens with one attached hydrogen (secondary N) is 1. The van der Waals surface area contributed by atoms with E-state index in [2.05, 4.69) is 5.32 Å². The maximum Gasteiger partial charge on any atom is 0.224 e. The van der Waals surface area contributed by atoms with Gasteiger partial charge in [0.05, 0.1) is 13.2 Å². The zero-order chi connectivity index (χ0) is 10.7. The Balaban J connectivity index is 1.84. The molecule has 2 rings (SSSR count). The number of anilines is 1. The van der Waals surface area contributed by atoms with E-state index in [1.807, 2.05) is 31.2 Å². The number of carbonyl (C=O) groups is 1. The van der Waals surface area contributed by atoms with Crippen molar-refractivity contribution in [2.24, 2.45) is 5.92 Å². The number of hydrogen-bond donors (Lipinski definition) is 1. The Labute approximate surface area is 89.4 Å². The Morgan fingerprint density at radius 1 is 1.40 bits per heavy atom. The van der Waals surface area contributed by atoms with Gasteiger partial charge in [0.15, 0.2) is 0 Å². The quantitative estimate of drug-likeness (QED) is 0.819. The van der Waals surface area contributed by atoms with E-state index in [4.69, 9.17) is 4.74 Å².